The zero-order valence-corrected chi connectivity index (χ0v) is 14.0. The molecule has 0 fully saturated rings. The van der Waals surface area contributed by atoms with Gasteiger partial charge in [0.15, 0.2) is 0 Å². The summed E-state index contributed by atoms with van der Waals surface area (Å²) in [5, 5.41) is 20.9. The Bertz CT molecular complexity index is 616. The standard InChI is InChI=1S/C15H24N2O5S/c1-2-3-4-8-16-13-7-6-12(15(19)20)11-14(13)23(21,22)17-9-5-10-18/h6-7,11,16-18H,2-5,8-10H2,1H3,(H,19,20). The zero-order chi connectivity index (χ0) is 17.3. The number of aliphatic hydroxyl groups is 1. The van der Waals surface area contributed by atoms with Crippen LogP contribution in [0.5, 0.6) is 0 Å². The highest BCUT2D eigenvalue weighted by Crippen LogP contribution is 2.23. The van der Waals surface area contributed by atoms with Crippen molar-refractivity contribution >= 4 is 21.7 Å². The first-order chi connectivity index (χ1) is 10.9. The molecule has 0 aliphatic carbocycles. The van der Waals surface area contributed by atoms with Gasteiger partial charge in [0, 0.05) is 19.7 Å². The van der Waals surface area contributed by atoms with Crippen LogP contribution in [0.2, 0.25) is 0 Å². The number of benzene rings is 1. The normalized spacial score (nSPS) is 11.4. The van der Waals surface area contributed by atoms with Gasteiger partial charge in [0.1, 0.15) is 4.90 Å². The molecule has 0 aliphatic heterocycles. The smallest absolute Gasteiger partial charge is 0.335 e. The number of unbranched alkanes of at least 4 members (excludes halogenated alkanes) is 2. The number of anilines is 1. The van der Waals surface area contributed by atoms with E-state index in [0.29, 0.717) is 12.2 Å². The van der Waals surface area contributed by atoms with E-state index in [1.165, 1.54) is 12.1 Å². The van der Waals surface area contributed by atoms with E-state index < -0.39 is 16.0 Å². The number of aromatic carboxylic acids is 1. The Kier molecular flexibility index (Phi) is 8.01. The van der Waals surface area contributed by atoms with Crippen molar-refractivity contribution < 1.29 is 23.4 Å². The van der Waals surface area contributed by atoms with Gasteiger partial charge in [-0.25, -0.2) is 17.9 Å². The lowest BCUT2D eigenvalue weighted by molar-refractivity contribution is 0.0696. The quantitative estimate of drug-likeness (QED) is 0.454. The summed E-state index contributed by atoms with van der Waals surface area (Å²) < 4.78 is 27.1. The van der Waals surface area contributed by atoms with Crippen LogP contribution >= 0.6 is 0 Å². The Labute approximate surface area is 136 Å². The van der Waals surface area contributed by atoms with Crippen molar-refractivity contribution in [2.45, 2.75) is 37.5 Å². The fourth-order valence-corrected chi connectivity index (χ4v) is 3.27. The highest BCUT2D eigenvalue weighted by atomic mass is 32.2. The third-order valence-electron chi connectivity index (χ3n) is 3.24. The first-order valence-corrected chi connectivity index (χ1v) is 9.12. The van der Waals surface area contributed by atoms with Crippen LogP contribution in [-0.2, 0) is 10.0 Å². The average Bonchev–Trinajstić information content (AvgIpc) is 2.51. The molecule has 7 nitrogen and oxygen atoms in total. The molecule has 1 rings (SSSR count). The summed E-state index contributed by atoms with van der Waals surface area (Å²) in [6, 6.07) is 3.99. The maximum Gasteiger partial charge on any atom is 0.335 e. The van der Waals surface area contributed by atoms with Crippen molar-refractivity contribution in [2.75, 3.05) is 25.0 Å². The summed E-state index contributed by atoms with van der Waals surface area (Å²) in [6.07, 6.45) is 3.26. The number of hydrogen-bond acceptors (Lipinski definition) is 5. The van der Waals surface area contributed by atoms with Crippen LogP contribution in [-0.4, -0.2) is 44.3 Å². The fraction of sp³-hybridized carbons (Fsp3) is 0.533. The van der Waals surface area contributed by atoms with E-state index in [1.807, 2.05) is 0 Å². The van der Waals surface area contributed by atoms with Crippen LogP contribution in [0.4, 0.5) is 5.69 Å². The topological polar surface area (TPSA) is 116 Å². The van der Waals surface area contributed by atoms with Crippen LogP contribution in [0.25, 0.3) is 0 Å². The van der Waals surface area contributed by atoms with E-state index in [4.69, 9.17) is 10.2 Å². The van der Waals surface area contributed by atoms with Gasteiger partial charge in [-0.15, -0.1) is 0 Å². The molecule has 0 saturated heterocycles. The Morgan fingerprint density at radius 1 is 1.17 bits per heavy atom. The van der Waals surface area contributed by atoms with E-state index in [2.05, 4.69) is 17.0 Å². The van der Waals surface area contributed by atoms with Crippen LogP contribution < -0.4 is 10.0 Å². The molecule has 8 heteroatoms. The number of rotatable bonds is 11. The van der Waals surface area contributed by atoms with Gasteiger partial charge in [0.05, 0.1) is 11.3 Å². The minimum absolute atomic E-state index is 0.0887. The van der Waals surface area contributed by atoms with E-state index in [-0.39, 0.29) is 30.0 Å². The molecule has 0 heterocycles. The lowest BCUT2D eigenvalue weighted by Crippen LogP contribution is -2.26. The van der Waals surface area contributed by atoms with Gasteiger partial charge in [0.25, 0.3) is 0 Å². The number of carboxylic acid groups (broad SMARTS) is 1. The molecule has 0 radical (unpaired) electrons. The largest absolute Gasteiger partial charge is 0.478 e. The van der Waals surface area contributed by atoms with Crippen molar-refractivity contribution in [1.29, 1.82) is 0 Å². The van der Waals surface area contributed by atoms with Crippen molar-refractivity contribution in [1.82, 2.24) is 4.72 Å². The first-order valence-electron chi connectivity index (χ1n) is 7.64. The molecule has 4 N–H and O–H groups in total. The van der Waals surface area contributed by atoms with Gasteiger partial charge in [0.2, 0.25) is 10.0 Å². The van der Waals surface area contributed by atoms with Crippen molar-refractivity contribution in [3.63, 3.8) is 0 Å². The third kappa shape index (κ3) is 6.17. The minimum atomic E-state index is -3.85. The van der Waals surface area contributed by atoms with Gasteiger partial charge in [-0.2, -0.15) is 0 Å². The van der Waals surface area contributed by atoms with Gasteiger partial charge in [-0.05, 0) is 31.0 Å². The molecule has 0 unspecified atom stereocenters. The number of sulfonamides is 1. The molecular weight excluding hydrogens is 320 g/mol. The van der Waals surface area contributed by atoms with Crippen LogP contribution in [0.15, 0.2) is 23.1 Å². The summed E-state index contributed by atoms with van der Waals surface area (Å²) >= 11 is 0. The monoisotopic (exact) mass is 344 g/mol. The molecule has 0 aliphatic rings. The summed E-state index contributed by atoms with van der Waals surface area (Å²) in [5.41, 5.74) is 0.286. The first kappa shape index (κ1) is 19.4. The predicted octanol–water partition coefficient (Wildman–Crippen LogP) is 1.65. The fourth-order valence-electron chi connectivity index (χ4n) is 1.99. The minimum Gasteiger partial charge on any atom is -0.478 e. The Morgan fingerprint density at radius 3 is 2.52 bits per heavy atom. The summed E-state index contributed by atoms with van der Waals surface area (Å²) in [7, 11) is -3.85. The molecule has 130 valence electrons. The van der Waals surface area contributed by atoms with E-state index in [9.17, 15) is 13.2 Å². The Morgan fingerprint density at radius 2 is 1.91 bits per heavy atom. The molecule has 0 atom stereocenters. The van der Waals surface area contributed by atoms with E-state index >= 15 is 0 Å². The maximum atomic E-state index is 12.4. The molecule has 0 spiro atoms. The van der Waals surface area contributed by atoms with Gasteiger partial charge < -0.3 is 15.5 Å². The van der Waals surface area contributed by atoms with Crippen LogP contribution in [0, 0.1) is 0 Å². The number of nitrogens with one attached hydrogen (secondary N) is 2. The lowest BCUT2D eigenvalue weighted by Gasteiger charge is -2.14. The number of hydrogen-bond donors (Lipinski definition) is 4. The van der Waals surface area contributed by atoms with Crippen LogP contribution in [0.3, 0.4) is 0 Å². The second-order valence-corrected chi connectivity index (χ2v) is 6.86. The highest BCUT2D eigenvalue weighted by Gasteiger charge is 2.20. The molecule has 1 aromatic rings. The molecule has 23 heavy (non-hydrogen) atoms. The molecular formula is C15H24N2O5S. The van der Waals surface area contributed by atoms with Crippen molar-refractivity contribution in [2.24, 2.45) is 0 Å². The predicted molar refractivity (Wildman–Crippen MR) is 88.3 cm³/mol. The summed E-state index contributed by atoms with van der Waals surface area (Å²) in [5.74, 6) is -1.19. The SMILES string of the molecule is CCCCCNc1ccc(C(=O)O)cc1S(=O)(=O)NCCCO. The molecule has 0 saturated carbocycles. The third-order valence-corrected chi connectivity index (χ3v) is 4.74. The van der Waals surface area contributed by atoms with E-state index in [0.717, 1.165) is 25.3 Å². The van der Waals surface area contributed by atoms with Crippen molar-refractivity contribution in [3.05, 3.63) is 23.8 Å². The highest BCUT2D eigenvalue weighted by molar-refractivity contribution is 7.89. The second kappa shape index (κ2) is 9.49. The zero-order valence-electron chi connectivity index (χ0n) is 13.2. The van der Waals surface area contributed by atoms with Crippen molar-refractivity contribution in [3.8, 4) is 0 Å². The Hall–Kier alpha value is -1.64. The summed E-state index contributed by atoms with van der Waals surface area (Å²) in [6.45, 7) is 2.65. The van der Waals surface area contributed by atoms with E-state index in [1.54, 1.807) is 0 Å². The maximum absolute atomic E-state index is 12.4. The molecule has 0 bridgehead atoms. The molecule has 1 aromatic carbocycles. The van der Waals surface area contributed by atoms with Crippen LogP contribution in [0.1, 0.15) is 43.0 Å². The second-order valence-electron chi connectivity index (χ2n) is 5.12. The Balaban J connectivity index is 3.02. The number of carbonyl (C=O) groups is 1. The number of aliphatic hydroxyl groups excluding tert-OH is 1. The lowest BCUT2D eigenvalue weighted by atomic mass is 10.2. The molecule has 0 amide bonds. The molecule has 0 aromatic heterocycles. The summed E-state index contributed by atoms with van der Waals surface area (Å²) in [4.78, 5) is 11.0. The average molecular weight is 344 g/mol. The van der Waals surface area contributed by atoms with Gasteiger partial charge in [-0.3, -0.25) is 0 Å². The van der Waals surface area contributed by atoms with Gasteiger partial charge >= 0.3 is 5.97 Å². The number of carboxylic acids is 1. The van der Waals surface area contributed by atoms with Gasteiger partial charge in [-0.1, -0.05) is 19.8 Å².